The molecule has 3 N–H and O–H groups in total. The molecule has 98 valence electrons. The summed E-state index contributed by atoms with van der Waals surface area (Å²) in [6.45, 7) is 4.36. The van der Waals surface area contributed by atoms with E-state index >= 15 is 0 Å². The topological polar surface area (TPSA) is 84.1 Å². The van der Waals surface area contributed by atoms with Crippen LogP contribution in [0.5, 0.6) is 0 Å². The van der Waals surface area contributed by atoms with Crippen LogP contribution in [0.2, 0.25) is 0 Å². The molecule has 1 aliphatic heterocycles. The molecule has 6 heteroatoms. The number of hydrogen-bond donors (Lipinski definition) is 2. The lowest BCUT2D eigenvalue weighted by Crippen LogP contribution is -2.41. The lowest BCUT2D eigenvalue weighted by Gasteiger charge is -2.31. The maximum atomic E-state index is 11.2. The molecule has 1 aromatic rings. The maximum absolute atomic E-state index is 11.2. The molecule has 0 bridgehead atoms. The van der Waals surface area contributed by atoms with Crippen molar-refractivity contribution in [2.75, 3.05) is 29.9 Å². The highest BCUT2D eigenvalue weighted by atomic mass is 16.1. The number of amides is 1. The van der Waals surface area contributed by atoms with E-state index in [9.17, 15) is 4.79 Å². The van der Waals surface area contributed by atoms with Gasteiger partial charge in [-0.2, -0.15) is 0 Å². The minimum Gasteiger partial charge on any atom is -0.369 e. The van der Waals surface area contributed by atoms with Crippen molar-refractivity contribution >= 4 is 17.5 Å². The molecule has 0 radical (unpaired) electrons. The molecule has 1 amide bonds. The molecule has 6 nitrogen and oxygen atoms in total. The SMILES string of the molecule is CCNc1cncc(N2CCCC(C(N)=O)C2)n1. The predicted molar refractivity (Wildman–Crippen MR) is 70.3 cm³/mol. The van der Waals surface area contributed by atoms with Gasteiger partial charge in [0.15, 0.2) is 0 Å². The van der Waals surface area contributed by atoms with Gasteiger partial charge in [0.05, 0.1) is 18.3 Å². The average molecular weight is 249 g/mol. The molecule has 1 aromatic heterocycles. The number of hydrogen-bond acceptors (Lipinski definition) is 5. The summed E-state index contributed by atoms with van der Waals surface area (Å²) in [5, 5.41) is 3.13. The fourth-order valence-corrected chi connectivity index (χ4v) is 2.19. The zero-order valence-corrected chi connectivity index (χ0v) is 10.6. The van der Waals surface area contributed by atoms with Crippen LogP contribution in [-0.4, -0.2) is 35.5 Å². The first-order valence-electron chi connectivity index (χ1n) is 6.31. The monoisotopic (exact) mass is 249 g/mol. The van der Waals surface area contributed by atoms with Gasteiger partial charge in [0.25, 0.3) is 0 Å². The molecule has 2 heterocycles. The number of primary amides is 1. The Morgan fingerprint density at radius 2 is 2.44 bits per heavy atom. The van der Waals surface area contributed by atoms with Gasteiger partial charge in [0.1, 0.15) is 11.6 Å². The van der Waals surface area contributed by atoms with Gasteiger partial charge in [-0.25, -0.2) is 4.98 Å². The van der Waals surface area contributed by atoms with Crippen LogP contribution in [0.25, 0.3) is 0 Å². The van der Waals surface area contributed by atoms with Crippen LogP contribution >= 0.6 is 0 Å². The van der Waals surface area contributed by atoms with Crippen molar-refractivity contribution in [2.24, 2.45) is 11.7 Å². The van der Waals surface area contributed by atoms with Crippen molar-refractivity contribution in [2.45, 2.75) is 19.8 Å². The van der Waals surface area contributed by atoms with E-state index in [1.165, 1.54) is 0 Å². The zero-order chi connectivity index (χ0) is 13.0. The lowest BCUT2D eigenvalue weighted by atomic mass is 9.98. The third-order valence-corrected chi connectivity index (χ3v) is 3.13. The van der Waals surface area contributed by atoms with Gasteiger partial charge < -0.3 is 16.0 Å². The molecule has 1 aliphatic rings. The van der Waals surface area contributed by atoms with E-state index in [1.807, 2.05) is 6.92 Å². The van der Waals surface area contributed by atoms with Gasteiger partial charge >= 0.3 is 0 Å². The second kappa shape index (κ2) is 5.66. The minimum atomic E-state index is -0.226. The zero-order valence-electron chi connectivity index (χ0n) is 10.6. The normalized spacial score (nSPS) is 19.6. The van der Waals surface area contributed by atoms with Crippen molar-refractivity contribution in [3.05, 3.63) is 12.4 Å². The summed E-state index contributed by atoms with van der Waals surface area (Å²) in [4.78, 5) is 22.0. The summed E-state index contributed by atoms with van der Waals surface area (Å²) >= 11 is 0. The van der Waals surface area contributed by atoms with Crippen molar-refractivity contribution in [1.82, 2.24) is 9.97 Å². The van der Waals surface area contributed by atoms with E-state index in [0.29, 0.717) is 6.54 Å². The predicted octanol–water partition coefficient (Wildman–Crippen LogP) is 0.610. The second-order valence-electron chi connectivity index (χ2n) is 4.48. The highest BCUT2D eigenvalue weighted by Crippen LogP contribution is 2.21. The van der Waals surface area contributed by atoms with Gasteiger partial charge in [0.2, 0.25) is 5.91 Å². The van der Waals surface area contributed by atoms with Gasteiger partial charge in [-0.1, -0.05) is 0 Å². The van der Waals surface area contributed by atoms with Crippen LogP contribution < -0.4 is 16.0 Å². The number of rotatable bonds is 4. The Bertz CT molecular complexity index is 423. The highest BCUT2D eigenvalue weighted by Gasteiger charge is 2.24. The first-order valence-corrected chi connectivity index (χ1v) is 6.31. The molecule has 1 unspecified atom stereocenters. The number of anilines is 2. The fourth-order valence-electron chi connectivity index (χ4n) is 2.19. The fraction of sp³-hybridized carbons (Fsp3) is 0.583. The number of carbonyl (C=O) groups is 1. The van der Waals surface area contributed by atoms with Crippen molar-refractivity contribution in [3.8, 4) is 0 Å². The molecule has 1 fully saturated rings. The summed E-state index contributed by atoms with van der Waals surface area (Å²) in [5.74, 6) is 1.26. The Labute approximate surface area is 107 Å². The summed E-state index contributed by atoms with van der Waals surface area (Å²) < 4.78 is 0. The summed E-state index contributed by atoms with van der Waals surface area (Å²) in [6.07, 6.45) is 5.25. The standard InChI is InChI=1S/C12H19N5O/c1-2-15-10-6-14-7-11(16-10)17-5-3-4-9(8-17)12(13)18/h6-7,9H,2-5,8H2,1H3,(H2,13,18)(H,15,16). The van der Waals surface area contributed by atoms with Crippen LogP contribution in [0.3, 0.4) is 0 Å². The van der Waals surface area contributed by atoms with Gasteiger partial charge in [-0.15, -0.1) is 0 Å². The van der Waals surface area contributed by atoms with Crippen LogP contribution in [0, 0.1) is 5.92 Å². The number of nitrogens with zero attached hydrogens (tertiary/aromatic N) is 3. The summed E-state index contributed by atoms with van der Waals surface area (Å²) in [5.41, 5.74) is 5.37. The van der Waals surface area contributed by atoms with Crippen molar-refractivity contribution < 1.29 is 4.79 Å². The molecule has 0 spiro atoms. The number of carbonyl (C=O) groups excluding carboxylic acids is 1. The number of piperidine rings is 1. The Hall–Kier alpha value is -1.85. The molecule has 18 heavy (non-hydrogen) atoms. The lowest BCUT2D eigenvalue weighted by molar-refractivity contribution is -0.122. The molecule has 0 aliphatic carbocycles. The van der Waals surface area contributed by atoms with Gasteiger partial charge in [-0.05, 0) is 19.8 Å². The average Bonchev–Trinajstić information content (AvgIpc) is 2.39. The van der Waals surface area contributed by atoms with Gasteiger partial charge in [-0.3, -0.25) is 9.78 Å². The molecule has 2 rings (SSSR count). The first kappa shape index (κ1) is 12.6. The first-order chi connectivity index (χ1) is 8.70. The molecular formula is C12H19N5O. The van der Waals surface area contributed by atoms with Crippen molar-refractivity contribution in [1.29, 1.82) is 0 Å². The van der Waals surface area contributed by atoms with Crippen LogP contribution in [0.1, 0.15) is 19.8 Å². The quantitative estimate of drug-likeness (QED) is 0.816. The Morgan fingerprint density at radius 1 is 1.61 bits per heavy atom. The maximum Gasteiger partial charge on any atom is 0.222 e. The van der Waals surface area contributed by atoms with Crippen LogP contribution in [-0.2, 0) is 4.79 Å². The van der Waals surface area contributed by atoms with E-state index in [1.54, 1.807) is 12.4 Å². The number of nitrogens with one attached hydrogen (secondary N) is 1. The van der Waals surface area contributed by atoms with Crippen LogP contribution in [0.4, 0.5) is 11.6 Å². The summed E-state index contributed by atoms with van der Waals surface area (Å²) in [7, 11) is 0. The van der Waals surface area contributed by atoms with Gasteiger partial charge in [0, 0.05) is 19.6 Å². The molecule has 1 atom stereocenters. The second-order valence-corrected chi connectivity index (χ2v) is 4.48. The van der Waals surface area contributed by atoms with Crippen LogP contribution in [0.15, 0.2) is 12.4 Å². The van der Waals surface area contributed by atoms with Crippen molar-refractivity contribution in [3.63, 3.8) is 0 Å². The summed E-state index contributed by atoms with van der Waals surface area (Å²) in [6, 6.07) is 0. The smallest absolute Gasteiger partial charge is 0.222 e. The molecule has 1 saturated heterocycles. The number of nitrogens with two attached hydrogens (primary N) is 1. The van der Waals surface area contributed by atoms with E-state index in [-0.39, 0.29) is 11.8 Å². The molecular weight excluding hydrogens is 230 g/mol. The highest BCUT2D eigenvalue weighted by molar-refractivity contribution is 5.77. The third-order valence-electron chi connectivity index (χ3n) is 3.13. The van der Waals surface area contributed by atoms with E-state index in [0.717, 1.165) is 37.6 Å². The largest absolute Gasteiger partial charge is 0.369 e. The molecule has 0 saturated carbocycles. The Morgan fingerprint density at radius 3 is 3.17 bits per heavy atom. The van der Waals surface area contributed by atoms with E-state index in [4.69, 9.17) is 5.73 Å². The van der Waals surface area contributed by atoms with E-state index in [2.05, 4.69) is 20.2 Å². The Kier molecular flexibility index (Phi) is 3.96. The number of aromatic nitrogens is 2. The van der Waals surface area contributed by atoms with E-state index < -0.39 is 0 Å². The Balaban J connectivity index is 2.10. The third kappa shape index (κ3) is 2.88. The minimum absolute atomic E-state index is 0.0802. The molecule has 0 aromatic carbocycles.